The third-order valence-electron chi connectivity index (χ3n) is 5.03. The number of benzene rings is 2. The Morgan fingerprint density at radius 2 is 1.82 bits per heavy atom. The molecular weight excluding hydrogens is 390 g/mol. The third kappa shape index (κ3) is 4.95. The van der Waals surface area contributed by atoms with Crippen molar-refractivity contribution < 1.29 is 4.79 Å². The summed E-state index contributed by atoms with van der Waals surface area (Å²) < 4.78 is 0. The molecule has 28 heavy (non-hydrogen) atoms. The Bertz CT molecular complexity index is 842. The van der Waals surface area contributed by atoms with E-state index >= 15 is 0 Å². The van der Waals surface area contributed by atoms with Gasteiger partial charge in [0.05, 0.1) is 10.7 Å². The lowest BCUT2D eigenvalue weighted by atomic mass is 10.1. The van der Waals surface area contributed by atoms with Crippen LogP contribution in [0.5, 0.6) is 0 Å². The van der Waals surface area contributed by atoms with E-state index in [1.54, 1.807) is 0 Å². The van der Waals surface area contributed by atoms with Crippen molar-refractivity contribution in [3.05, 3.63) is 52.0 Å². The molecule has 0 spiro atoms. The van der Waals surface area contributed by atoms with Crippen LogP contribution in [0.4, 0.5) is 17.1 Å². The molecule has 6 heteroatoms. The van der Waals surface area contributed by atoms with Gasteiger partial charge >= 0.3 is 0 Å². The summed E-state index contributed by atoms with van der Waals surface area (Å²) in [7, 11) is 0. The molecule has 1 heterocycles. The molecule has 0 saturated carbocycles. The van der Waals surface area contributed by atoms with Gasteiger partial charge in [0.25, 0.3) is 0 Å². The van der Waals surface area contributed by atoms with Crippen LogP contribution in [0.25, 0.3) is 0 Å². The third-order valence-corrected chi connectivity index (χ3v) is 6.27. The first-order chi connectivity index (χ1) is 13.3. The average molecular weight is 418 g/mol. The minimum atomic E-state index is -0.382. The van der Waals surface area contributed by atoms with E-state index in [4.69, 9.17) is 11.6 Å². The Labute approximate surface area is 177 Å². The van der Waals surface area contributed by atoms with E-state index in [2.05, 4.69) is 40.7 Å². The molecule has 1 fully saturated rings. The van der Waals surface area contributed by atoms with Crippen LogP contribution in [-0.2, 0) is 4.79 Å². The van der Waals surface area contributed by atoms with Crippen LogP contribution in [0.15, 0.2) is 30.3 Å². The first kappa shape index (κ1) is 20.9. The summed E-state index contributed by atoms with van der Waals surface area (Å²) >= 11 is 8.33. The van der Waals surface area contributed by atoms with Crippen molar-refractivity contribution in [3.63, 3.8) is 0 Å². The lowest BCUT2D eigenvalue weighted by Gasteiger charge is -2.29. The summed E-state index contributed by atoms with van der Waals surface area (Å²) in [6, 6.07) is 9.90. The number of rotatable bonds is 5. The minimum Gasteiger partial charge on any atom is -0.374 e. The van der Waals surface area contributed by atoms with Gasteiger partial charge in [-0.15, -0.1) is 0 Å². The van der Waals surface area contributed by atoms with Crippen LogP contribution in [-0.4, -0.2) is 36.5 Å². The van der Waals surface area contributed by atoms with Crippen LogP contribution >= 0.6 is 23.4 Å². The van der Waals surface area contributed by atoms with Gasteiger partial charge in [0.2, 0.25) is 5.91 Å². The molecule has 1 atom stereocenters. The Hall–Kier alpha value is -1.85. The number of hydrogen-bond acceptors (Lipinski definition) is 4. The quantitative estimate of drug-likeness (QED) is 0.696. The summed E-state index contributed by atoms with van der Waals surface area (Å²) in [5.74, 6) is 2.25. The lowest BCUT2D eigenvalue weighted by molar-refractivity contribution is -0.116. The summed E-state index contributed by atoms with van der Waals surface area (Å²) in [6.45, 7) is 10.1. The van der Waals surface area contributed by atoms with E-state index in [1.807, 2.05) is 44.7 Å². The van der Waals surface area contributed by atoms with Gasteiger partial charge in [0.1, 0.15) is 6.04 Å². The predicted molar refractivity (Wildman–Crippen MR) is 123 cm³/mol. The van der Waals surface area contributed by atoms with Gasteiger partial charge in [-0.05, 0) is 68.7 Å². The number of amides is 1. The monoisotopic (exact) mass is 417 g/mol. The van der Waals surface area contributed by atoms with Crippen molar-refractivity contribution in [2.45, 2.75) is 33.7 Å². The van der Waals surface area contributed by atoms with E-state index < -0.39 is 0 Å². The SMILES string of the molecule is Cc1cc(C)c(NC(=O)[C@@H](C)Nc2ccc(N3CCSCC3)cc2C)c(Cl)c1. The Morgan fingerprint density at radius 3 is 2.46 bits per heavy atom. The number of carbonyl (C=O) groups excluding carboxylic acids is 1. The normalized spacial score (nSPS) is 15.2. The van der Waals surface area contributed by atoms with Crippen molar-refractivity contribution in [1.29, 1.82) is 0 Å². The zero-order valence-electron chi connectivity index (χ0n) is 16.9. The van der Waals surface area contributed by atoms with E-state index in [-0.39, 0.29) is 11.9 Å². The molecule has 150 valence electrons. The van der Waals surface area contributed by atoms with Crippen LogP contribution in [0, 0.1) is 20.8 Å². The number of halogens is 1. The number of carbonyl (C=O) groups is 1. The number of hydrogen-bond donors (Lipinski definition) is 2. The fourth-order valence-corrected chi connectivity index (χ4v) is 4.70. The van der Waals surface area contributed by atoms with Crippen molar-refractivity contribution in [2.24, 2.45) is 0 Å². The highest BCUT2D eigenvalue weighted by Crippen LogP contribution is 2.28. The fraction of sp³-hybridized carbons (Fsp3) is 0.409. The van der Waals surface area contributed by atoms with Crippen LogP contribution in [0.3, 0.4) is 0 Å². The predicted octanol–water partition coefficient (Wildman–Crippen LogP) is 5.26. The van der Waals surface area contributed by atoms with Crippen LogP contribution < -0.4 is 15.5 Å². The molecule has 0 aliphatic carbocycles. The average Bonchev–Trinajstić information content (AvgIpc) is 2.66. The highest BCUT2D eigenvalue weighted by atomic mass is 35.5. The second-order valence-electron chi connectivity index (χ2n) is 7.39. The number of nitrogens with zero attached hydrogens (tertiary/aromatic N) is 1. The molecule has 3 rings (SSSR count). The van der Waals surface area contributed by atoms with E-state index in [0.717, 1.165) is 35.5 Å². The number of aryl methyl sites for hydroxylation is 3. The molecule has 4 nitrogen and oxygen atoms in total. The fourth-order valence-electron chi connectivity index (χ4n) is 3.43. The Balaban J connectivity index is 1.67. The maximum absolute atomic E-state index is 12.7. The molecular formula is C22H28ClN3OS. The highest BCUT2D eigenvalue weighted by molar-refractivity contribution is 7.99. The smallest absolute Gasteiger partial charge is 0.246 e. The van der Waals surface area contributed by atoms with Crippen LogP contribution in [0.1, 0.15) is 23.6 Å². The molecule has 1 aliphatic heterocycles. The van der Waals surface area contributed by atoms with Gasteiger partial charge in [-0.1, -0.05) is 17.7 Å². The van der Waals surface area contributed by atoms with E-state index in [9.17, 15) is 4.79 Å². The summed E-state index contributed by atoms with van der Waals surface area (Å²) in [6.07, 6.45) is 0. The second-order valence-corrected chi connectivity index (χ2v) is 9.02. The van der Waals surface area contributed by atoms with Crippen molar-refractivity contribution in [2.75, 3.05) is 40.1 Å². The van der Waals surface area contributed by atoms with Gasteiger partial charge in [0.15, 0.2) is 0 Å². The molecule has 1 aliphatic rings. The Kier molecular flexibility index (Phi) is 6.78. The molecule has 1 amide bonds. The lowest BCUT2D eigenvalue weighted by Crippen LogP contribution is -2.33. The molecule has 0 bridgehead atoms. The molecule has 0 unspecified atom stereocenters. The first-order valence-electron chi connectivity index (χ1n) is 9.62. The maximum atomic E-state index is 12.7. The van der Waals surface area contributed by atoms with Gasteiger partial charge in [-0.2, -0.15) is 11.8 Å². The van der Waals surface area contributed by atoms with Crippen LogP contribution in [0.2, 0.25) is 5.02 Å². The second kappa shape index (κ2) is 9.10. The molecule has 2 aromatic rings. The van der Waals surface area contributed by atoms with Crippen molar-refractivity contribution >= 4 is 46.3 Å². The molecule has 0 aromatic heterocycles. The van der Waals surface area contributed by atoms with Crippen molar-refractivity contribution in [1.82, 2.24) is 0 Å². The zero-order chi connectivity index (χ0) is 20.3. The highest BCUT2D eigenvalue weighted by Gasteiger charge is 2.17. The molecule has 2 aromatic carbocycles. The van der Waals surface area contributed by atoms with Gasteiger partial charge in [-0.3, -0.25) is 4.79 Å². The first-order valence-corrected chi connectivity index (χ1v) is 11.2. The number of nitrogens with one attached hydrogen (secondary N) is 2. The van der Waals surface area contributed by atoms with E-state index in [0.29, 0.717) is 10.7 Å². The number of thioether (sulfide) groups is 1. The van der Waals surface area contributed by atoms with Gasteiger partial charge in [-0.25, -0.2) is 0 Å². The number of anilines is 3. The van der Waals surface area contributed by atoms with Gasteiger partial charge < -0.3 is 15.5 Å². The summed E-state index contributed by atoms with van der Waals surface area (Å²) in [4.78, 5) is 15.1. The summed E-state index contributed by atoms with van der Waals surface area (Å²) in [5, 5.41) is 6.87. The van der Waals surface area contributed by atoms with Crippen molar-refractivity contribution in [3.8, 4) is 0 Å². The topological polar surface area (TPSA) is 44.4 Å². The Morgan fingerprint density at radius 1 is 1.11 bits per heavy atom. The largest absolute Gasteiger partial charge is 0.374 e. The molecule has 2 N–H and O–H groups in total. The molecule has 0 radical (unpaired) electrons. The minimum absolute atomic E-state index is 0.106. The maximum Gasteiger partial charge on any atom is 0.246 e. The zero-order valence-corrected chi connectivity index (χ0v) is 18.5. The molecule has 1 saturated heterocycles. The van der Waals surface area contributed by atoms with E-state index in [1.165, 1.54) is 17.2 Å². The summed E-state index contributed by atoms with van der Waals surface area (Å²) in [5.41, 5.74) is 6.09. The standard InChI is InChI=1S/C22H28ClN3OS/c1-14-11-16(3)21(19(23)12-14)25-22(27)17(4)24-20-6-5-18(13-15(20)2)26-7-9-28-10-8-26/h5-6,11-13,17,24H,7-10H2,1-4H3,(H,25,27)/t17-/m1/s1. The van der Waals surface area contributed by atoms with Gasteiger partial charge in [0, 0.05) is 36.0 Å².